The minimum Gasteiger partial charge on any atom is -0.422 e. The molecule has 0 atom stereocenters. The second-order valence-electron chi connectivity index (χ2n) is 7.64. The Bertz CT molecular complexity index is 854. The van der Waals surface area contributed by atoms with Gasteiger partial charge in [0.2, 0.25) is 0 Å². The maximum atomic E-state index is 11.8. The molecule has 2 N–H and O–H groups in total. The molecule has 2 aromatic rings. The Kier molecular flexibility index (Phi) is 6.60. The highest BCUT2D eigenvalue weighted by Gasteiger charge is 2.21. The van der Waals surface area contributed by atoms with Crippen molar-refractivity contribution in [3.05, 3.63) is 40.2 Å². The van der Waals surface area contributed by atoms with Crippen LogP contribution in [-0.2, 0) is 0 Å². The Morgan fingerprint density at radius 1 is 1.22 bits per heavy atom. The van der Waals surface area contributed by atoms with Crippen LogP contribution >= 0.6 is 11.9 Å². The molecule has 1 aliphatic carbocycles. The number of anilines is 1. The van der Waals surface area contributed by atoms with Crippen LogP contribution in [0.1, 0.15) is 56.8 Å². The molecular weight excluding hydrogens is 360 g/mol. The molecule has 3 rings (SSSR count). The predicted octanol–water partition coefficient (Wildman–Crippen LogP) is 4.61. The summed E-state index contributed by atoms with van der Waals surface area (Å²) in [4.78, 5) is 23.3. The zero-order valence-corrected chi connectivity index (χ0v) is 17.0. The summed E-state index contributed by atoms with van der Waals surface area (Å²) in [5, 5.41) is 4.89. The Morgan fingerprint density at radius 2 is 1.96 bits per heavy atom. The molecule has 1 aliphatic rings. The van der Waals surface area contributed by atoms with Gasteiger partial charge in [-0.25, -0.2) is 4.79 Å². The molecule has 0 saturated heterocycles. The largest absolute Gasteiger partial charge is 0.422 e. The first-order valence-corrected chi connectivity index (χ1v) is 10.5. The average Bonchev–Trinajstić information content (AvgIpc) is 2.64. The van der Waals surface area contributed by atoms with Crippen molar-refractivity contribution in [1.82, 2.24) is 4.72 Å². The first-order chi connectivity index (χ1) is 12.9. The van der Waals surface area contributed by atoms with E-state index in [4.69, 9.17) is 4.42 Å². The smallest absolute Gasteiger partial charge is 0.347 e. The van der Waals surface area contributed by atoms with Crippen molar-refractivity contribution in [3.8, 4) is 0 Å². The van der Waals surface area contributed by atoms with Crippen molar-refractivity contribution in [2.24, 2.45) is 5.92 Å². The standard InChI is InChI=1S/C21H28N2O3S/c1-13(2)27-23-17-6-4-15(5-7-17)12-22-18-8-9-20-16(10-18)11-19(14(3)24)21(25)26-20/h8-11,13,15,17,22-23H,4-7,12H2,1-3H3. The zero-order valence-electron chi connectivity index (χ0n) is 16.2. The van der Waals surface area contributed by atoms with Gasteiger partial charge in [0.1, 0.15) is 11.1 Å². The molecule has 1 aromatic heterocycles. The quantitative estimate of drug-likeness (QED) is 0.410. The second kappa shape index (κ2) is 8.93. The van der Waals surface area contributed by atoms with Gasteiger partial charge in [0.25, 0.3) is 0 Å². The van der Waals surface area contributed by atoms with E-state index in [1.807, 2.05) is 24.1 Å². The minimum atomic E-state index is -0.572. The second-order valence-corrected chi connectivity index (χ2v) is 9.05. The minimum absolute atomic E-state index is 0.102. The monoisotopic (exact) mass is 388 g/mol. The van der Waals surface area contributed by atoms with Crippen molar-refractivity contribution in [2.75, 3.05) is 11.9 Å². The molecule has 0 unspecified atom stereocenters. The third-order valence-corrected chi connectivity index (χ3v) is 5.96. The predicted molar refractivity (Wildman–Crippen MR) is 113 cm³/mol. The highest BCUT2D eigenvalue weighted by molar-refractivity contribution is 7.98. The Labute approximate surface area is 164 Å². The summed E-state index contributed by atoms with van der Waals surface area (Å²) in [6.45, 7) is 6.74. The summed E-state index contributed by atoms with van der Waals surface area (Å²) in [7, 11) is 0. The maximum Gasteiger partial charge on any atom is 0.347 e. The van der Waals surface area contributed by atoms with E-state index in [2.05, 4.69) is 23.9 Å². The summed E-state index contributed by atoms with van der Waals surface area (Å²) in [6.07, 6.45) is 4.88. The van der Waals surface area contributed by atoms with Crippen LogP contribution in [0, 0.1) is 5.92 Å². The van der Waals surface area contributed by atoms with Crippen LogP contribution in [0.3, 0.4) is 0 Å². The van der Waals surface area contributed by atoms with Crippen LogP contribution in [0.2, 0.25) is 0 Å². The fraction of sp³-hybridized carbons (Fsp3) is 0.524. The maximum absolute atomic E-state index is 11.8. The average molecular weight is 389 g/mol. The van der Waals surface area contributed by atoms with E-state index in [0.29, 0.717) is 22.8 Å². The number of Topliss-reactive ketones (excluding diaryl/α,β-unsaturated/α-hetero) is 1. The first kappa shape index (κ1) is 20.0. The van der Waals surface area contributed by atoms with Gasteiger partial charge in [-0.2, -0.15) is 0 Å². The first-order valence-electron chi connectivity index (χ1n) is 9.66. The number of ketones is 1. The van der Waals surface area contributed by atoms with Crippen LogP contribution in [-0.4, -0.2) is 23.6 Å². The number of hydrogen-bond acceptors (Lipinski definition) is 6. The molecule has 27 heavy (non-hydrogen) atoms. The van der Waals surface area contributed by atoms with E-state index in [1.54, 1.807) is 12.1 Å². The molecule has 1 fully saturated rings. The van der Waals surface area contributed by atoms with E-state index in [0.717, 1.165) is 17.6 Å². The highest BCUT2D eigenvalue weighted by Crippen LogP contribution is 2.27. The lowest BCUT2D eigenvalue weighted by Gasteiger charge is -2.29. The number of carbonyl (C=O) groups excluding carboxylic acids is 1. The van der Waals surface area contributed by atoms with Crippen molar-refractivity contribution < 1.29 is 9.21 Å². The summed E-state index contributed by atoms with van der Waals surface area (Å²) in [6, 6.07) is 7.90. The van der Waals surface area contributed by atoms with Crippen LogP contribution in [0.25, 0.3) is 11.0 Å². The van der Waals surface area contributed by atoms with E-state index in [1.165, 1.54) is 32.6 Å². The molecular formula is C21H28N2O3S. The normalized spacial score (nSPS) is 20.1. The number of benzene rings is 1. The number of carbonyl (C=O) groups is 1. The van der Waals surface area contributed by atoms with E-state index in [-0.39, 0.29) is 11.3 Å². The van der Waals surface area contributed by atoms with Crippen LogP contribution in [0.15, 0.2) is 33.5 Å². The number of nitrogens with one attached hydrogen (secondary N) is 2. The van der Waals surface area contributed by atoms with E-state index in [9.17, 15) is 9.59 Å². The molecule has 0 amide bonds. The fourth-order valence-corrected chi connectivity index (χ4v) is 4.16. The van der Waals surface area contributed by atoms with E-state index < -0.39 is 5.63 Å². The molecule has 0 bridgehead atoms. The third-order valence-electron chi connectivity index (χ3n) is 5.02. The van der Waals surface area contributed by atoms with Gasteiger partial charge < -0.3 is 9.73 Å². The lowest BCUT2D eigenvalue weighted by Crippen LogP contribution is -2.31. The number of hydrogen-bond donors (Lipinski definition) is 2. The molecule has 6 heteroatoms. The number of rotatable bonds is 7. The summed E-state index contributed by atoms with van der Waals surface area (Å²) < 4.78 is 8.83. The lowest BCUT2D eigenvalue weighted by molar-refractivity contribution is 0.101. The highest BCUT2D eigenvalue weighted by atomic mass is 32.2. The van der Waals surface area contributed by atoms with E-state index >= 15 is 0 Å². The fourth-order valence-electron chi connectivity index (χ4n) is 3.46. The third kappa shape index (κ3) is 5.36. The van der Waals surface area contributed by atoms with Gasteiger partial charge in [-0.15, -0.1) is 0 Å². The van der Waals surface area contributed by atoms with Gasteiger partial charge in [0.15, 0.2) is 5.78 Å². The van der Waals surface area contributed by atoms with Crippen molar-refractivity contribution in [1.29, 1.82) is 0 Å². The topological polar surface area (TPSA) is 71.3 Å². The van der Waals surface area contributed by atoms with Crippen molar-refractivity contribution in [2.45, 2.75) is 57.7 Å². The van der Waals surface area contributed by atoms with Crippen molar-refractivity contribution in [3.63, 3.8) is 0 Å². The summed E-state index contributed by atoms with van der Waals surface area (Å²) >= 11 is 1.83. The molecule has 1 saturated carbocycles. The van der Waals surface area contributed by atoms with Gasteiger partial charge in [0, 0.05) is 28.9 Å². The number of fused-ring (bicyclic) bond motifs is 1. The van der Waals surface area contributed by atoms with Gasteiger partial charge >= 0.3 is 5.63 Å². The zero-order chi connectivity index (χ0) is 19.4. The SMILES string of the molecule is CC(=O)c1cc2cc(NCC3CCC(NSC(C)C)CC3)ccc2oc1=O. The molecule has 146 valence electrons. The summed E-state index contributed by atoms with van der Waals surface area (Å²) in [5.74, 6) is 0.397. The molecule has 0 radical (unpaired) electrons. The van der Waals surface area contributed by atoms with Crippen LogP contribution in [0.4, 0.5) is 5.69 Å². The van der Waals surface area contributed by atoms with Crippen molar-refractivity contribution >= 4 is 34.4 Å². The summed E-state index contributed by atoms with van der Waals surface area (Å²) in [5.41, 5.74) is 1.02. The molecule has 5 nitrogen and oxygen atoms in total. The van der Waals surface area contributed by atoms with Gasteiger partial charge in [-0.05, 0) is 62.8 Å². The van der Waals surface area contributed by atoms with Crippen LogP contribution in [0.5, 0.6) is 0 Å². The molecule has 0 spiro atoms. The lowest BCUT2D eigenvalue weighted by atomic mass is 9.86. The van der Waals surface area contributed by atoms with Gasteiger partial charge in [0.05, 0.1) is 0 Å². The molecule has 1 aromatic carbocycles. The molecule has 0 aliphatic heterocycles. The van der Waals surface area contributed by atoms with Gasteiger partial charge in [-0.3, -0.25) is 9.52 Å². The Balaban J connectivity index is 1.57. The Hall–Kier alpha value is -1.79. The Morgan fingerprint density at radius 3 is 2.63 bits per heavy atom. The molecule has 1 heterocycles. The van der Waals surface area contributed by atoms with Crippen LogP contribution < -0.4 is 15.7 Å². The van der Waals surface area contributed by atoms with Gasteiger partial charge in [-0.1, -0.05) is 25.8 Å².